The van der Waals surface area contributed by atoms with Gasteiger partial charge in [-0.3, -0.25) is 9.78 Å². The summed E-state index contributed by atoms with van der Waals surface area (Å²) < 4.78 is 10.8. The zero-order chi connectivity index (χ0) is 15.5. The maximum atomic E-state index is 12.5. The van der Waals surface area contributed by atoms with Gasteiger partial charge < -0.3 is 14.8 Å². The number of carbonyl (C=O) groups is 1. The summed E-state index contributed by atoms with van der Waals surface area (Å²) in [5.74, 6) is 0.313. The molecule has 2 heterocycles. The largest absolute Gasteiger partial charge is 0.495 e. The number of ether oxygens (including phenoxy) is 2. The van der Waals surface area contributed by atoms with Crippen LogP contribution in [-0.2, 0) is 4.74 Å². The van der Waals surface area contributed by atoms with Crippen molar-refractivity contribution in [3.8, 4) is 5.75 Å². The Hall–Kier alpha value is -1.85. The molecule has 0 spiro atoms. The number of halogens is 1. The van der Waals surface area contributed by atoms with E-state index in [1.807, 2.05) is 6.07 Å². The van der Waals surface area contributed by atoms with Gasteiger partial charge in [0.15, 0.2) is 0 Å². The van der Waals surface area contributed by atoms with Crippen molar-refractivity contribution in [3.63, 3.8) is 0 Å². The fourth-order valence-corrected chi connectivity index (χ4v) is 2.81. The van der Waals surface area contributed by atoms with Gasteiger partial charge in [0.25, 0.3) is 5.91 Å². The van der Waals surface area contributed by atoms with Gasteiger partial charge in [0, 0.05) is 23.2 Å². The van der Waals surface area contributed by atoms with E-state index in [4.69, 9.17) is 21.1 Å². The maximum absolute atomic E-state index is 12.5. The van der Waals surface area contributed by atoms with Gasteiger partial charge in [0.1, 0.15) is 11.3 Å². The number of benzene rings is 1. The molecule has 1 saturated heterocycles. The molecule has 1 aromatic carbocycles. The first-order chi connectivity index (χ1) is 10.7. The van der Waals surface area contributed by atoms with E-state index in [9.17, 15) is 4.79 Å². The Morgan fingerprint density at radius 1 is 1.50 bits per heavy atom. The van der Waals surface area contributed by atoms with Crippen LogP contribution in [0.3, 0.4) is 0 Å². The number of nitrogens with zero attached hydrogens (tertiary/aromatic N) is 1. The molecule has 0 aliphatic carbocycles. The van der Waals surface area contributed by atoms with Crippen LogP contribution in [-0.4, -0.2) is 37.3 Å². The number of aromatic nitrogens is 1. The van der Waals surface area contributed by atoms with Crippen LogP contribution >= 0.6 is 11.6 Å². The monoisotopic (exact) mass is 320 g/mol. The summed E-state index contributed by atoms with van der Waals surface area (Å²) in [6.45, 7) is 1.30. The Bertz CT molecular complexity index is 699. The van der Waals surface area contributed by atoms with Crippen molar-refractivity contribution < 1.29 is 14.3 Å². The molecule has 1 amide bonds. The van der Waals surface area contributed by atoms with E-state index in [2.05, 4.69) is 10.3 Å². The highest BCUT2D eigenvalue weighted by Gasteiger charge is 2.21. The van der Waals surface area contributed by atoms with Crippen molar-refractivity contribution in [3.05, 3.63) is 35.0 Å². The topological polar surface area (TPSA) is 60.5 Å². The fourth-order valence-electron chi connectivity index (χ4n) is 2.64. The van der Waals surface area contributed by atoms with Crippen molar-refractivity contribution in [1.82, 2.24) is 10.3 Å². The van der Waals surface area contributed by atoms with Crippen LogP contribution < -0.4 is 10.1 Å². The maximum Gasteiger partial charge on any atom is 0.256 e. The van der Waals surface area contributed by atoms with Gasteiger partial charge in [-0.05, 0) is 31.0 Å². The van der Waals surface area contributed by atoms with E-state index >= 15 is 0 Å². The van der Waals surface area contributed by atoms with Crippen LogP contribution in [0.1, 0.15) is 23.2 Å². The molecule has 1 fully saturated rings. The Morgan fingerprint density at radius 3 is 3.09 bits per heavy atom. The van der Waals surface area contributed by atoms with E-state index in [0.29, 0.717) is 28.5 Å². The van der Waals surface area contributed by atoms with E-state index < -0.39 is 0 Å². The van der Waals surface area contributed by atoms with Crippen LogP contribution in [0.4, 0.5) is 0 Å². The third-order valence-corrected chi connectivity index (χ3v) is 3.96. The molecule has 3 rings (SSSR count). The normalized spacial score (nSPS) is 18.2. The van der Waals surface area contributed by atoms with Crippen molar-refractivity contribution in [1.29, 1.82) is 0 Å². The third kappa shape index (κ3) is 3.00. The summed E-state index contributed by atoms with van der Waals surface area (Å²) in [5, 5.41) is 4.34. The Balaban J connectivity index is 1.92. The van der Waals surface area contributed by atoms with E-state index in [0.717, 1.165) is 24.8 Å². The number of hydrogen-bond acceptors (Lipinski definition) is 4. The highest BCUT2D eigenvalue weighted by molar-refractivity contribution is 6.31. The minimum atomic E-state index is -0.197. The predicted molar refractivity (Wildman–Crippen MR) is 84.6 cm³/mol. The first-order valence-electron chi connectivity index (χ1n) is 7.20. The van der Waals surface area contributed by atoms with Crippen molar-refractivity contribution in [2.24, 2.45) is 0 Å². The number of pyridine rings is 1. The van der Waals surface area contributed by atoms with Gasteiger partial charge in [-0.1, -0.05) is 11.6 Å². The van der Waals surface area contributed by atoms with Crippen LogP contribution in [0.2, 0.25) is 5.02 Å². The lowest BCUT2D eigenvalue weighted by Crippen LogP contribution is -2.40. The molecule has 116 valence electrons. The van der Waals surface area contributed by atoms with E-state index in [1.165, 1.54) is 6.20 Å². The summed E-state index contributed by atoms with van der Waals surface area (Å²) in [6, 6.07) is 5.34. The molecule has 1 N–H and O–H groups in total. The van der Waals surface area contributed by atoms with Gasteiger partial charge in [-0.25, -0.2) is 0 Å². The lowest BCUT2D eigenvalue weighted by atomic mass is 10.1. The van der Waals surface area contributed by atoms with Gasteiger partial charge in [0.2, 0.25) is 0 Å². The molecule has 0 saturated carbocycles. The van der Waals surface area contributed by atoms with Gasteiger partial charge in [-0.2, -0.15) is 0 Å². The second-order valence-electron chi connectivity index (χ2n) is 5.25. The van der Waals surface area contributed by atoms with E-state index in [-0.39, 0.29) is 11.9 Å². The summed E-state index contributed by atoms with van der Waals surface area (Å²) in [7, 11) is 1.55. The lowest BCUT2D eigenvalue weighted by molar-refractivity contribution is 0.0623. The lowest BCUT2D eigenvalue weighted by Gasteiger charge is -2.23. The zero-order valence-corrected chi connectivity index (χ0v) is 13.0. The first-order valence-corrected chi connectivity index (χ1v) is 7.57. The quantitative estimate of drug-likeness (QED) is 0.944. The molecule has 0 radical (unpaired) electrons. The number of fused-ring (bicyclic) bond motifs is 1. The highest BCUT2D eigenvalue weighted by atomic mass is 35.5. The van der Waals surface area contributed by atoms with Crippen molar-refractivity contribution in [2.45, 2.75) is 18.9 Å². The number of carbonyl (C=O) groups excluding carboxylic acids is 1. The molecule has 1 atom stereocenters. The van der Waals surface area contributed by atoms with E-state index in [1.54, 1.807) is 19.2 Å². The average molecular weight is 321 g/mol. The highest BCUT2D eigenvalue weighted by Crippen LogP contribution is 2.30. The van der Waals surface area contributed by atoms with Crippen molar-refractivity contribution in [2.75, 3.05) is 20.3 Å². The minimum Gasteiger partial charge on any atom is -0.495 e. The number of hydrogen-bond donors (Lipinski definition) is 1. The zero-order valence-electron chi connectivity index (χ0n) is 12.3. The summed E-state index contributed by atoms with van der Waals surface area (Å²) >= 11 is 5.97. The number of rotatable bonds is 3. The molecular formula is C16H17ClN2O3. The van der Waals surface area contributed by atoms with Crippen LogP contribution in [0.15, 0.2) is 24.4 Å². The number of methoxy groups -OCH3 is 1. The van der Waals surface area contributed by atoms with Gasteiger partial charge >= 0.3 is 0 Å². The summed E-state index contributed by atoms with van der Waals surface area (Å²) in [4.78, 5) is 16.8. The third-order valence-electron chi connectivity index (χ3n) is 3.73. The number of nitrogens with one attached hydrogen (secondary N) is 1. The van der Waals surface area contributed by atoms with Gasteiger partial charge in [-0.15, -0.1) is 0 Å². The smallest absolute Gasteiger partial charge is 0.256 e. The molecule has 0 bridgehead atoms. The molecule has 1 aliphatic heterocycles. The molecule has 5 nitrogen and oxygen atoms in total. The van der Waals surface area contributed by atoms with Gasteiger partial charge in [0.05, 0.1) is 25.3 Å². The molecular weight excluding hydrogens is 304 g/mol. The van der Waals surface area contributed by atoms with Crippen LogP contribution in [0.5, 0.6) is 5.75 Å². The molecule has 1 aliphatic rings. The first kappa shape index (κ1) is 15.1. The standard InChI is InChI=1S/C16H17ClN2O3/c1-21-15-12-5-4-10(17)7-14(12)18-8-13(15)16(20)19-11-3-2-6-22-9-11/h4-5,7-8,11H,2-3,6,9H2,1H3,(H,19,20)/t11-/m0/s1. The van der Waals surface area contributed by atoms with Crippen LogP contribution in [0.25, 0.3) is 10.9 Å². The van der Waals surface area contributed by atoms with Crippen LogP contribution in [0, 0.1) is 0 Å². The molecule has 22 heavy (non-hydrogen) atoms. The second-order valence-corrected chi connectivity index (χ2v) is 5.69. The molecule has 1 aromatic heterocycles. The second kappa shape index (κ2) is 6.50. The predicted octanol–water partition coefficient (Wildman–Crippen LogP) is 2.81. The SMILES string of the molecule is COc1c(C(=O)N[C@H]2CCCOC2)cnc2cc(Cl)ccc12. The Kier molecular flexibility index (Phi) is 4.45. The summed E-state index contributed by atoms with van der Waals surface area (Å²) in [6.07, 6.45) is 3.40. The minimum absolute atomic E-state index is 0.0341. The fraction of sp³-hybridized carbons (Fsp3) is 0.375. The molecule has 6 heteroatoms. The Labute approximate surface area is 133 Å². The summed E-state index contributed by atoms with van der Waals surface area (Å²) in [5.41, 5.74) is 1.12. The van der Waals surface area contributed by atoms with Crippen molar-refractivity contribution >= 4 is 28.4 Å². The molecule has 0 unspecified atom stereocenters. The Morgan fingerprint density at radius 2 is 2.36 bits per heavy atom. The number of amides is 1. The average Bonchev–Trinajstić information content (AvgIpc) is 2.54. The molecule has 2 aromatic rings.